The highest BCUT2D eigenvalue weighted by Crippen LogP contribution is 2.20. The van der Waals surface area contributed by atoms with Gasteiger partial charge in [-0.25, -0.2) is 4.79 Å². The van der Waals surface area contributed by atoms with Crippen LogP contribution in [0.4, 0.5) is 0 Å². The maximum Gasteiger partial charge on any atom is 0.326 e. The van der Waals surface area contributed by atoms with Gasteiger partial charge >= 0.3 is 11.9 Å². The minimum atomic E-state index is -1.69. The summed E-state index contributed by atoms with van der Waals surface area (Å²) in [7, 11) is 0. The fourth-order valence-corrected chi connectivity index (χ4v) is 7.54. The van der Waals surface area contributed by atoms with Gasteiger partial charge < -0.3 is 79.8 Å². The average Bonchev–Trinajstić information content (AvgIpc) is 3.74. The van der Waals surface area contributed by atoms with Gasteiger partial charge in [-0.1, -0.05) is 76.2 Å². The van der Waals surface area contributed by atoms with E-state index in [1.165, 1.54) is 0 Å². The van der Waals surface area contributed by atoms with Gasteiger partial charge in [0.15, 0.2) is 5.96 Å². The molecule has 0 aliphatic carbocycles. The number of para-hydroxylation sites is 1. The molecular formula is C48H70N12O13. The Morgan fingerprint density at radius 3 is 1.58 bits per heavy atom. The first kappa shape index (κ1) is 59.7. The molecule has 0 aliphatic rings. The third-order valence-corrected chi connectivity index (χ3v) is 11.3. The molecular weight excluding hydrogens is 953 g/mol. The molecule has 0 aliphatic heterocycles. The molecule has 400 valence electrons. The summed E-state index contributed by atoms with van der Waals surface area (Å²) in [6, 6.07) is 3.58. The van der Waals surface area contributed by atoms with Crippen LogP contribution in [0, 0.1) is 11.8 Å². The maximum atomic E-state index is 14.2. The highest BCUT2D eigenvalue weighted by Gasteiger charge is 2.35. The van der Waals surface area contributed by atoms with Gasteiger partial charge in [0, 0.05) is 36.5 Å². The van der Waals surface area contributed by atoms with Gasteiger partial charge in [-0.15, -0.1) is 0 Å². The molecule has 0 saturated carbocycles. The lowest BCUT2D eigenvalue weighted by molar-refractivity contribution is -0.143. The Morgan fingerprint density at radius 1 is 0.575 bits per heavy atom. The number of carbonyl (C=O) groups is 9. The van der Waals surface area contributed by atoms with Crippen LogP contribution in [-0.2, 0) is 56.0 Å². The number of hydrogen-bond donors (Lipinski definition) is 15. The number of aliphatic hydroxyl groups is 2. The quantitative estimate of drug-likeness (QED) is 0.0178. The number of carboxylic acids is 2. The number of fused-ring (bicyclic) bond motifs is 1. The summed E-state index contributed by atoms with van der Waals surface area (Å²) in [6.07, 6.45) is 0.596. The molecule has 8 atom stereocenters. The molecule has 1 heterocycles. The minimum Gasteiger partial charge on any atom is -0.481 e. The molecule has 3 aromatic rings. The number of aliphatic imine (C=N–C) groups is 1. The first-order chi connectivity index (χ1) is 34.5. The molecule has 1 aromatic heterocycles. The van der Waals surface area contributed by atoms with Gasteiger partial charge in [-0.2, -0.15) is 0 Å². The summed E-state index contributed by atoms with van der Waals surface area (Å²) in [6.45, 7) is 5.10. The van der Waals surface area contributed by atoms with Crippen LogP contribution in [0.15, 0.2) is 65.8 Å². The Labute approximate surface area is 421 Å². The zero-order valence-corrected chi connectivity index (χ0v) is 41.3. The summed E-state index contributed by atoms with van der Waals surface area (Å²) < 4.78 is 0. The molecule has 18 N–H and O–H groups in total. The zero-order chi connectivity index (χ0) is 54.4. The predicted molar refractivity (Wildman–Crippen MR) is 267 cm³/mol. The molecule has 7 amide bonds. The molecule has 25 nitrogen and oxygen atoms in total. The van der Waals surface area contributed by atoms with Crippen LogP contribution in [0.2, 0.25) is 0 Å². The summed E-state index contributed by atoms with van der Waals surface area (Å²) in [5.74, 6) is -10.0. The number of aliphatic hydroxyl groups excluding tert-OH is 2. The van der Waals surface area contributed by atoms with E-state index in [4.69, 9.17) is 22.3 Å². The molecule has 0 radical (unpaired) electrons. The molecule has 0 unspecified atom stereocenters. The van der Waals surface area contributed by atoms with E-state index in [9.17, 15) is 58.5 Å². The number of nitrogens with one attached hydrogen (secondary N) is 8. The lowest BCUT2D eigenvalue weighted by atomic mass is 10.0. The Kier molecular flexibility index (Phi) is 24.2. The summed E-state index contributed by atoms with van der Waals surface area (Å²) in [5, 5.41) is 57.4. The highest BCUT2D eigenvalue weighted by molar-refractivity contribution is 5.98. The number of rotatable bonds is 31. The number of hydrogen-bond acceptors (Lipinski definition) is 13. The molecule has 0 saturated heterocycles. The van der Waals surface area contributed by atoms with E-state index in [1.54, 1.807) is 88.5 Å². The van der Waals surface area contributed by atoms with Crippen molar-refractivity contribution in [2.45, 2.75) is 121 Å². The highest BCUT2D eigenvalue weighted by atomic mass is 16.4. The fourth-order valence-electron chi connectivity index (χ4n) is 7.54. The van der Waals surface area contributed by atoms with Crippen LogP contribution in [-0.4, -0.2) is 153 Å². The standard InChI is InChI=1S/C48H70N12O13/c1-25(2)17-33(42(67)60-38(24-62)46(71)57-35(44(69)58-36(47(72)73)18-26(3)4)20-28-22-53-31-14-9-8-13-29(28)31)55-41(66)32(15-10-16-52-48(50)51)54-43(68)34(19-27-11-6-5-7-12-27)56-45(70)37(23-61)59-40(65)30(49)21-39(63)64/h5-9,11-14,22,25-26,30,32-38,53,61-62H,10,15-21,23-24,49H2,1-4H3,(H,54,68)(H,55,66)(H,56,70)(H,57,71)(H,58,69)(H,59,65)(H,60,67)(H,63,64)(H,72,73)(H4,50,51,52)/t30-,32-,33-,34-,35-,36-,37-,38-/m0/s1. The molecule has 0 bridgehead atoms. The zero-order valence-electron chi connectivity index (χ0n) is 41.3. The SMILES string of the molecule is CC(C)C[C@H](NC(=O)[C@H](Cc1c[nH]c2ccccc12)NC(=O)[C@H](CO)NC(=O)[C@H](CC(C)C)NC(=O)[C@H](CCCN=C(N)N)NC(=O)[C@H](Cc1ccccc1)NC(=O)[C@H](CO)NC(=O)[C@@H](N)CC(=O)O)C(=O)O. The smallest absolute Gasteiger partial charge is 0.326 e. The molecule has 3 rings (SSSR count). The average molecular weight is 1020 g/mol. The van der Waals surface area contributed by atoms with Crippen molar-refractivity contribution in [1.29, 1.82) is 0 Å². The van der Waals surface area contributed by atoms with Crippen LogP contribution in [0.3, 0.4) is 0 Å². The number of carboxylic acid groups (broad SMARTS) is 2. The van der Waals surface area contributed by atoms with E-state index in [1.807, 2.05) is 0 Å². The van der Waals surface area contributed by atoms with Crippen molar-refractivity contribution in [1.82, 2.24) is 42.2 Å². The molecule has 0 fully saturated rings. The van der Waals surface area contributed by atoms with Crippen molar-refractivity contribution in [3.63, 3.8) is 0 Å². The van der Waals surface area contributed by atoms with E-state index in [0.717, 1.165) is 10.9 Å². The van der Waals surface area contributed by atoms with Gasteiger partial charge in [0.2, 0.25) is 41.4 Å². The van der Waals surface area contributed by atoms with E-state index < -0.39 is 121 Å². The largest absolute Gasteiger partial charge is 0.481 e. The molecule has 73 heavy (non-hydrogen) atoms. The Balaban J connectivity index is 1.90. The second-order valence-electron chi connectivity index (χ2n) is 18.3. The van der Waals surface area contributed by atoms with Gasteiger partial charge in [0.1, 0.15) is 42.3 Å². The number of amides is 7. The number of benzene rings is 2. The van der Waals surface area contributed by atoms with Gasteiger partial charge in [-0.05, 0) is 54.7 Å². The van der Waals surface area contributed by atoms with Crippen molar-refractivity contribution in [2.24, 2.45) is 34.0 Å². The number of aliphatic carboxylic acids is 2. The van der Waals surface area contributed by atoms with Gasteiger partial charge in [-0.3, -0.25) is 43.3 Å². The van der Waals surface area contributed by atoms with Crippen molar-refractivity contribution in [3.8, 4) is 0 Å². The van der Waals surface area contributed by atoms with Crippen molar-refractivity contribution in [2.75, 3.05) is 19.8 Å². The van der Waals surface area contributed by atoms with Crippen molar-refractivity contribution in [3.05, 3.63) is 71.9 Å². The van der Waals surface area contributed by atoms with Crippen LogP contribution in [0.5, 0.6) is 0 Å². The van der Waals surface area contributed by atoms with E-state index >= 15 is 0 Å². The number of guanidine groups is 1. The lowest BCUT2D eigenvalue weighted by Gasteiger charge is -2.28. The number of carbonyl (C=O) groups excluding carboxylic acids is 7. The Bertz CT molecular complexity index is 2390. The van der Waals surface area contributed by atoms with Crippen LogP contribution >= 0.6 is 0 Å². The first-order valence-electron chi connectivity index (χ1n) is 23.7. The number of aromatic amines is 1. The second-order valence-corrected chi connectivity index (χ2v) is 18.3. The summed E-state index contributed by atoms with van der Waals surface area (Å²) >= 11 is 0. The Hall–Kier alpha value is -7.64. The second kappa shape index (κ2) is 29.6. The monoisotopic (exact) mass is 1020 g/mol. The fraction of sp³-hybridized carbons (Fsp3) is 0.500. The van der Waals surface area contributed by atoms with Crippen LogP contribution in [0.25, 0.3) is 10.9 Å². The van der Waals surface area contributed by atoms with Crippen LogP contribution < -0.4 is 54.4 Å². The van der Waals surface area contributed by atoms with Gasteiger partial charge in [0.25, 0.3) is 0 Å². The van der Waals surface area contributed by atoms with Gasteiger partial charge in [0.05, 0.1) is 25.7 Å². The lowest BCUT2D eigenvalue weighted by Crippen LogP contribution is -2.61. The number of nitrogens with zero attached hydrogens (tertiary/aromatic N) is 1. The van der Waals surface area contributed by atoms with Crippen molar-refractivity contribution >= 4 is 70.2 Å². The molecule has 2 aromatic carbocycles. The first-order valence-corrected chi connectivity index (χ1v) is 23.7. The molecule has 0 spiro atoms. The van der Waals surface area contributed by atoms with Crippen molar-refractivity contribution < 1.29 is 63.6 Å². The number of aromatic nitrogens is 1. The maximum absolute atomic E-state index is 14.2. The topological polar surface area (TPSA) is 425 Å². The summed E-state index contributed by atoms with van der Waals surface area (Å²) in [4.78, 5) is 126. The number of nitrogens with two attached hydrogens (primary N) is 3. The number of H-pyrrole nitrogens is 1. The van der Waals surface area contributed by atoms with E-state index in [2.05, 4.69) is 47.2 Å². The Morgan fingerprint density at radius 2 is 1.03 bits per heavy atom. The molecule has 25 heteroatoms. The third kappa shape index (κ3) is 20.2. The predicted octanol–water partition coefficient (Wildman–Crippen LogP) is -2.64. The third-order valence-electron chi connectivity index (χ3n) is 11.3. The summed E-state index contributed by atoms with van der Waals surface area (Å²) in [5.41, 5.74) is 18.5. The normalized spacial score (nSPS) is 14.5. The van der Waals surface area contributed by atoms with E-state index in [-0.39, 0.29) is 62.9 Å². The van der Waals surface area contributed by atoms with E-state index in [0.29, 0.717) is 11.1 Å². The minimum absolute atomic E-state index is 0.00523. The van der Waals surface area contributed by atoms with Crippen LogP contribution in [0.1, 0.15) is 70.9 Å².